The van der Waals surface area contributed by atoms with Crippen molar-refractivity contribution >= 4 is 41.3 Å². The molecule has 0 aromatic carbocycles. The molecule has 2 fully saturated rings. The molecule has 136 valence electrons. The fraction of sp³-hybridized carbons (Fsp3) is 0.706. The van der Waals surface area contributed by atoms with E-state index >= 15 is 0 Å². The van der Waals surface area contributed by atoms with Crippen molar-refractivity contribution in [2.45, 2.75) is 44.2 Å². The molecule has 0 atom stereocenters. The van der Waals surface area contributed by atoms with Gasteiger partial charge in [-0.3, -0.25) is 9.69 Å². The molecule has 1 aliphatic heterocycles. The molecule has 1 saturated carbocycles. The zero-order chi connectivity index (χ0) is 16.3. The second-order valence-corrected chi connectivity index (χ2v) is 8.64. The normalized spacial score (nSPS) is 20.6. The smallest absolute Gasteiger partial charge is 0.236 e. The SMILES string of the molecule is CN(Cc1ccc(Cl)s1)C(=O)CN1CCNCC12CCCCC2.Cl. The molecule has 1 N–H and O–H groups in total. The predicted octanol–water partition coefficient (Wildman–Crippen LogP) is 3.39. The van der Waals surface area contributed by atoms with Gasteiger partial charge in [0, 0.05) is 37.1 Å². The lowest BCUT2D eigenvalue weighted by molar-refractivity contribution is -0.134. The Labute approximate surface area is 159 Å². The Morgan fingerprint density at radius 1 is 1.38 bits per heavy atom. The Kier molecular flexibility index (Phi) is 7.38. The number of thiophene rings is 1. The highest BCUT2D eigenvalue weighted by atomic mass is 35.5. The predicted molar refractivity (Wildman–Crippen MR) is 103 cm³/mol. The summed E-state index contributed by atoms with van der Waals surface area (Å²) in [5, 5.41) is 3.54. The summed E-state index contributed by atoms with van der Waals surface area (Å²) in [5.74, 6) is 0.210. The number of rotatable bonds is 4. The van der Waals surface area contributed by atoms with Gasteiger partial charge in [-0.25, -0.2) is 0 Å². The van der Waals surface area contributed by atoms with Crippen molar-refractivity contribution in [2.75, 3.05) is 33.2 Å². The highest BCUT2D eigenvalue weighted by Crippen LogP contribution is 2.34. The van der Waals surface area contributed by atoms with Crippen LogP contribution in [0.4, 0.5) is 0 Å². The van der Waals surface area contributed by atoms with Crippen LogP contribution in [0.3, 0.4) is 0 Å². The van der Waals surface area contributed by atoms with Crippen molar-refractivity contribution < 1.29 is 4.79 Å². The molecule has 24 heavy (non-hydrogen) atoms. The van der Waals surface area contributed by atoms with Gasteiger partial charge < -0.3 is 10.2 Å². The summed E-state index contributed by atoms with van der Waals surface area (Å²) in [6.07, 6.45) is 6.35. The van der Waals surface area contributed by atoms with Gasteiger partial charge in [0.1, 0.15) is 0 Å². The van der Waals surface area contributed by atoms with Crippen molar-refractivity contribution in [2.24, 2.45) is 0 Å². The molecular formula is C17H27Cl2N3OS. The summed E-state index contributed by atoms with van der Waals surface area (Å²) in [4.78, 5) is 18.1. The lowest BCUT2D eigenvalue weighted by Gasteiger charge is -2.49. The highest BCUT2D eigenvalue weighted by molar-refractivity contribution is 7.16. The summed E-state index contributed by atoms with van der Waals surface area (Å²) >= 11 is 7.53. The van der Waals surface area contributed by atoms with Crippen LogP contribution < -0.4 is 5.32 Å². The summed E-state index contributed by atoms with van der Waals surface area (Å²) < 4.78 is 0.782. The summed E-state index contributed by atoms with van der Waals surface area (Å²) in [6.45, 7) is 4.18. The number of halogens is 2. The molecule has 2 aliphatic rings. The molecular weight excluding hydrogens is 365 g/mol. The minimum Gasteiger partial charge on any atom is -0.340 e. The van der Waals surface area contributed by atoms with E-state index in [-0.39, 0.29) is 23.9 Å². The molecule has 3 rings (SSSR count). The maximum Gasteiger partial charge on any atom is 0.236 e. The second-order valence-electron chi connectivity index (χ2n) is 6.84. The Hall–Kier alpha value is -0.330. The summed E-state index contributed by atoms with van der Waals surface area (Å²) in [6, 6.07) is 3.90. The number of carbonyl (C=O) groups is 1. The van der Waals surface area contributed by atoms with Crippen LogP contribution in [0, 0.1) is 0 Å². The van der Waals surface area contributed by atoms with Gasteiger partial charge in [-0.15, -0.1) is 23.7 Å². The highest BCUT2D eigenvalue weighted by Gasteiger charge is 2.40. The molecule has 1 amide bonds. The number of nitrogens with zero attached hydrogens (tertiary/aromatic N) is 2. The van der Waals surface area contributed by atoms with E-state index in [0.29, 0.717) is 13.1 Å². The summed E-state index contributed by atoms with van der Waals surface area (Å²) in [5.41, 5.74) is 0.208. The maximum atomic E-state index is 12.7. The topological polar surface area (TPSA) is 35.6 Å². The molecule has 4 nitrogen and oxygen atoms in total. The van der Waals surface area contributed by atoms with Gasteiger partial charge in [-0.1, -0.05) is 30.9 Å². The van der Waals surface area contributed by atoms with Gasteiger partial charge in [-0.2, -0.15) is 0 Å². The second kappa shape index (κ2) is 8.86. The molecule has 2 heterocycles. The number of likely N-dealkylation sites (N-methyl/N-ethyl adjacent to an activating group) is 1. The van der Waals surface area contributed by atoms with Gasteiger partial charge in [0.25, 0.3) is 0 Å². The van der Waals surface area contributed by atoms with Crippen molar-refractivity contribution in [1.29, 1.82) is 0 Å². The number of hydrogen-bond acceptors (Lipinski definition) is 4. The third kappa shape index (κ3) is 4.64. The minimum absolute atomic E-state index is 0. The number of hydrogen-bond donors (Lipinski definition) is 1. The number of amides is 1. The minimum atomic E-state index is 0. The summed E-state index contributed by atoms with van der Waals surface area (Å²) in [7, 11) is 1.89. The van der Waals surface area contributed by atoms with Gasteiger partial charge in [0.2, 0.25) is 5.91 Å². The van der Waals surface area contributed by atoms with Crippen LogP contribution in [0.2, 0.25) is 4.34 Å². The van der Waals surface area contributed by atoms with Crippen LogP contribution in [-0.4, -0.2) is 54.5 Å². The molecule has 0 bridgehead atoms. The van der Waals surface area contributed by atoms with E-state index in [1.54, 1.807) is 11.3 Å². The standard InChI is InChI=1S/C17H26ClN3OS.ClH/c1-20(11-14-5-6-15(18)23-14)16(22)12-21-10-9-19-13-17(21)7-3-2-4-8-17;/h5-6,19H,2-4,7-13H2,1H3;1H. The van der Waals surface area contributed by atoms with Crippen LogP contribution in [0.5, 0.6) is 0 Å². The number of nitrogens with one attached hydrogen (secondary N) is 1. The average molecular weight is 392 g/mol. The quantitative estimate of drug-likeness (QED) is 0.853. The van der Waals surface area contributed by atoms with Gasteiger partial charge >= 0.3 is 0 Å². The lowest BCUT2D eigenvalue weighted by atomic mass is 9.79. The van der Waals surface area contributed by atoms with E-state index in [0.717, 1.165) is 28.8 Å². The third-order valence-electron chi connectivity index (χ3n) is 5.24. The van der Waals surface area contributed by atoms with Gasteiger partial charge in [0.05, 0.1) is 17.4 Å². The fourth-order valence-electron chi connectivity index (χ4n) is 3.88. The largest absolute Gasteiger partial charge is 0.340 e. The van der Waals surface area contributed by atoms with Crippen molar-refractivity contribution in [3.63, 3.8) is 0 Å². The molecule has 1 saturated heterocycles. The average Bonchev–Trinajstić information content (AvgIpc) is 2.95. The first kappa shape index (κ1) is 20.0. The van der Waals surface area contributed by atoms with Crippen LogP contribution in [0.25, 0.3) is 0 Å². The zero-order valence-corrected chi connectivity index (χ0v) is 16.6. The van der Waals surface area contributed by atoms with Crippen molar-refractivity contribution in [3.8, 4) is 0 Å². The Morgan fingerprint density at radius 2 is 2.12 bits per heavy atom. The molecule has 1 aromatic heterocycles. The van der Waals surface area contributed by atoms with Gasteiger partial charge in [0.15, 0.2) is 0 Å². The van der Waals surface area contributed by atoms with Crippen LogP contribution >= 0.6 is 35.3 Å². The Bertz CT molecular complexity index is 537. The first-order valence-corrected chi connectivity index (χ1v) is 9.72. The molecule has 0 radical (unpaired) electrons. The van der Waals surface area contributed by atoms with Crippen LogP contribution in [0.15, 0.2) is 12.1 Å². The van der Waals surface area contributed by atoms with Crippen molar-refractivity contribution in [3.05, 3.63) is 21.3 Å². The maximum absolute atomic E-state index is 12.7. The number of piperazine rings is 1. The molecule has 0 unspecified atom stereocenters. The van der Waals surface area contributed by atoms with E-state index in [1.807, 2.05) is 24.1 Å². The number of carbonyl (C=O) groups excluding carboxylic acids is 1. The van der Waals surface area contributed by atoms with Crippen molar-refractivity contribution in [1.82, 2.24) is 15.1 Å². The van der Waals surface area contributed by atoms with E-state index in [4.69, 9.17) is 11.6 Å². The fourth-order valence-corrected chi connectivity index (χ4v) is 5.02. The zero-order valence-electron chi connectivity index (χ0n) is 14.2. The Balaban J connectivity index is 0.00000208. The van der Waals surface area contributed by atoms with Crippen LogP contribution in [-0.2, 0) is 11.3 Å². The van der Waals surface area contributed by atoms with E-state index in [1.165, 1.54) is 32.1 Å². The first-order valence-electron chi connectivity index (χ1n) is 8.53. The molecule has 1 aromatic rings. The van der Waals surface area contributed by atoms with Gasteiger partial charge in [-0.05, 0) is 25.0 Å². The monoisotopic (exact) mass is 391 g/mol. The van der Waals surface area contributed by atoms with E-state index < -0.39 is 0 Å². The molecule has 1 aliphatic carbocycles. The third-order valence-corrected chi connectivity index (χ3v) is 6.46. The molecule has 1 spiro atoms. The molecule has 7 heteroatoms. The Morgan fingerprint density at radius 3 is 2.79 bits per heavy atom. The van der Waals surface area contributed by atoms with Crippen LogP contribution in [0.1, 0.15) is 37.0 Å². The first-order chi connectivity index (χ1) is 11.1. The van der Waals surface area contributed by atoms with E-state index in [9.17, 15) is 4.79 Å². The lowest BCUT2D eigenvalue weighted by Crippen LogP contribution is -2.63. The van der Waals surface area contributed by atoms with E-state index in [2.05, 4.69) is 10.2 Å².